The molecule has 0 bridgehead atoms. The maximum atomic E-state index is 12.6. The van der Waals surface area contributed by atoms with E-state index in [1.807, 2.05) is 42.3 Å². The predicted molar refractivity (Wildman–Crippen MR) is 104 cm³/mol. The lowest BCUT2D eigenvalue weighted by Crippen LogP contribution is -2.48. The number of likely N-dealkylation sites (tertiary alicyclic amines) is 1. The SMILES string of the molecule is CN[C@@H](CC(C)C)C(=O)N1CCC(=NOCc2ccccc2)CC1.Cl. The van der Waals surface area contributed by atoms with Crippen molar-refractivity contribution in [3.63, 3.8) is 0 Å². The van der Waals surface area contributed by atoms with Gasteiger partial charge in [0.15, 0.2) is 0 Å². The average molecular weight is 368 g/mol. The molecule has 1 aromatic rings. The highest BCUT2D eigenvalue weighted by Crippen LogP contribution is 2.13. The van der Waals surface area contributed by atoms with E-state index in [-0.39, 0.29) is 24.4 Å². The van der Waals surface area contributed by atoms with E-state index >= 15 is 0 Å². The van der Waals surface area contributed by atoms with Gasteiger partial charge in [0.05, 0.1) is 11.8 Å². The molecule has 1 atom stereocenters. The van der Waals surface area contributed by atoms with Crippen molar-refractivity contribution in [2.45, 2.75) is 45.8 Å². The van der Waals surface area contributed by atoms with Crippen LogP contribution in [0.2, 0.25) is 0 Å². The second-order valence-electron chi connectivity index (χ2n) is 6.71. The largest absolute Gasteiger partial charge is 0.391 e. The van der Waals surface area contributed by atoms with Crippen molar-refractivity contribution in [2.75, 3.05) is 20.1 Å². The summed E-state index contributed by atoms with van der Waals surface area (Å²) in [6.07, 6.45) is 2.45. The third-order valence-corrected chi connectivity index (χ3v) is 4.27. The molecule has 1 heterocycles. The van der Waals surface area contributed by atoms with Crippen molar-refractivity contribution in [1.82, 2.24) is 10.2 Å². The lowest BCUT2D eigenvalue weighted by atomic mass is 10.0. The molecular formula is C19H30ClN3O2. The number of nitrogens with one attached hydrogen (secondary N) is 1. The molecule has 140 valence electrons. The Morgan fingerprint density at radius 2 is 1.88 bits per heavy atom. The van der Waals surface area contributed by atoms with E-state index in [0.29, 0.717) is 12.5 Å². The van der Waals surface area contributed by atoms with Gasteiger partial charge in [-0.3, -0.25) is 4.79 Å². The van der Waals surface area contributed by atoms with Gasteiger partial charge in [-0.15, -0.1) is 12.4 Å². The molecule has 1 amide bonds. The zero-order chi connectivity index (χ0) is 17.4. The molecule has 0 aliphatic carbocycles. The van der Waals surface area contributed by atoms with Crippen LogP contribution in [0.3, 0.4) is 0 Å². The zero-order valence-electron chi connectivity index (χ0n) is 15.4. The molecule has 1 saturated heterocycles. The van der Waals surface area contributed by atoms with Crippen molar-refractivity contribution >= 4 is 24.0 Å². The highest BCUT2D eigenvalue weighted by molar-refractivity contribution is 5.88. The number of likely N-dealkylation sites (N-methyl/N-ethyl adjacent to an activating group) is 1. The molecule has 0 spiro atoms. The topological polar surface area (TPSA) is 53.9 Å². The summed E-state index contributed by atoms with van der Waals surface area (Å²) >= 11 is 0. The fraction of sp³-hybridized carbons (Fsp3) is 0.579. The van der Waals surface area contributed by atoms with Crippen molar-refractivity contribution in [2.24, 2.45) is 11.1 Å². The van der Waals surface area contributed by atoms with Gasteiger partial charge < -0.3 is 15.1 Å². The van der Waals surface area contributed by atoms with E-state index in [2.05, 4.69) is 24.3 Å². The van der Waals surface area contributed by atoms with Crippen molar-refractivity contribution in [3.05, 3.63) is 35.9 Å². The Kier molecular flexibility index (Phi) is 9.53. The van der Waals surface area contributed by atoms with Gasteiger partial charge in [0.1, 0.15) is 6.61 Å². The maximum absolute atomic E-state index is 12.6. The fourth-order valence-electron chi connectivity index (χ4n) is 2.88. The molecule has 1 aliphatic heterocycles. The van der Waals surface area contributed by atoms with Crippen LogP contribution in [0.5, 0.6) is 0 Å². The van der Waals surface area contributed by atoms with Crippen LogP contribution in [0.15, 0.2) is 35.5 Å². The van der Waals surface area contributed by atoms with Gasteiger partial charge >= 0.3 is 0 Å². The molecule has 2 rings (SSSR count). The Morgan fingerprint density at radius 1 is 1.24 bits per heavy atom. The smallest absolute Gasteiger partial charge is 0.239 e. The first kappa shape index (κ1) is 21.5. The van der Waals surface area contributed by atoms with Gasteiger partial charge in [-0.1, -0.05) is 49.3 Å². The number of benzene rings is 1. The van der Waals surface area contributed by atoms with Gasteiger partial charge in [-0.05, 0) is 24.9 Å². The molecule has 1 N–H and O–H groups in total. The van der Waals surface area contributed by atoms with Gasteiger partial charge in [0.2, 0.25) is 5.91 Å². The number of hydrogen-bond acceptors (Lipinski definition) is 4. The minimum absolute atomic E-state index is 0. The number of carbonyl (C=O) groups is 1. The van der Waals surface area contributed by atoms with Crippen LogP contribution < -0.4 is 5.32 Å². The first-order valence-electron chi connectivity index (χ1n) is 8.77. The summed E-state index contributed by atoms with van der Waals surface area (Å²) in [5.41, 5.74) is 2.15. The van der Waals surface area contributed by atoms with Crippen molar-refractivity contribution in [1.29, 1.82) is 0 Å². The first-order valence-corrected chi connectivity index (χ1v) is 8.77. The Balaban J connectivity index is 0.00000312. The number of hydrogen-bond donors (Lipinski definition) is 1. The van der Waals surface area contributed by atoms with Crippen LogP contribution in [0.25, 0.3) is 0 Å². The molecule has 1 fully saturated rings. The van der Waals surface area contributed by atoms with Crippen LogP contribution in [0.4, 0.5) is 0 Å². The number of nitrogens with zero attached hydrogens (tertiary/aromatic N) is 2. The Bertz CT molecular complexity index is 539. The van der Waals surface area contributed by atoms with E-state index in [1.54, 1.807) is 0 Å². The summed E-state index contributed by atoms with van der Waals surface area (Å²) in [5.74, 6) is 0.704. The minimum Gasteiger partial charge on any atom is -0.391 e. The Hall–Kier alpha value is -1.59. The maximum Gasteiger partial charge on any atom is 0.239 e. The molecule has 1 aromatic carbocycles. The number of piperidine rings is 1. The van der Waals surface area contributed by atoms with Gasteiger partial charge in [0.25, 0.3) is 0 Å². The third-order valence-electron chi connectivity index (χ3n) is 4.27. The molecule has 5 nitrogen and oxygen atoms in total. The molecule has 0 radical (unpaired) electrons. The van der Waals surface area contributed by atoms with Crippen molar-refractivity contribution < 1.29 is 9.63 Å². The summed E-state index contributed by atoms with van der Waals surface area (Å²) in [5, 5.41) is 7.40. The second kappa shape index (κ2) is 11.1. The van der Waals surface area contributed by atoms with Gasteiger partial charge in [-0.25, -0.2) is 0 Å². The molecule has 0 unspecified atom stereocenters. The fourth-order valence-corrected chi connectivity index (χ4v) is 2.88. The Morgan fingerprint density at radius 3 is 2.44 bits per heavy atom. The van der Waals surface area contributed by atoms with Gasteiger partial charge in [0, 0.05) is 25.9 Å². The summed E-state index contributed by atoms with van der Waals surface area (Å²) in [6.45, 7) is 6.22. The molecular weight excluding hydrogens is 338 g/mol. The summed E-state index contributed by atoms with van der Waals surface area (Å²) in [4.78, 5) is 20.0. The molecule has 0 aromatic heterocycles. The second-order valence-corrected chi connectivity index (χ2v) is 6.71. The Labute approximate surface area is 157 Å². The van der Waals surface area contributed by atoms with E-state index in [4.69, 9.17) is 4.84 Å². The van der Waals surface area contributed by atoms with Crippen LogP contribution in [-0.4, -0.2) is 42.7 Å². The van der Waals surface area contributed by atoms with Crippen LogP contribution in [-0.2, 0) is 16.2 Å². The number of rotatable bonds is 7. The lowest BCUT2D eigenvalue weighted by Gasteiger charge is -2.31. The van der Waals surface area contributed by atoms with E-state index in [0.717, 1.165) is 43.6 Å². The zero-order valence-corrected chi connectivity index (χ0v) is 16.2. The van der Waals surface area contributed by atoms with Crippen LogP contribution >= 0.6 is 12.4 Å². The molecule has 25 heavy (non-hydrogen) atoms. The average Bonchev–Trinajstić information content (AvgIpc) is 2.60. The number of amides is 1. The summed E-state index contributed by atoms with van der Waals surface area (Å²) < 4.78 is 0. The standard InChI is InChI=1S/C19H29N3O2.ClH/c1-15(2)13-18(20-3)19(23)22-11-9-17(10-12-22)21-24-14-16-7-5-4-6-8-16;/h4-8,15,18,20H,9-14H2,1-3H3;1H/t18-;/m0./s1. The van der Waals surface area contributed by atoms with Crippen LogP contribution in [0.1, 0.15) is 38.7 Å². The molecule has 0 saturated carbocycles. The van der Waals surface area contributed by atoms with E-state index in [9.17, 15) is 4.79 Å². The minimum atomic E-state index is -0.0854. The normalized spacial score (nSPS) is 15.5. The van der Waals surface area contributed by atoms with E-state index < -0.39 is 0 Å². The number of halogens is 1. The van der Waals surface area contributed by atoms with Crippen molar-refractivity contribution in [3.8, 4) is 0 Å². The third kappa shape index (κ3) is 7.04. The first-order chi connectivity index (χ1) is 11.6. The van der Waals surface area contributed by atoms with Gasteiger partial charge in [-0.2, -0.15) is 0 Å². The lowest BCUT2D eigenvalue weighted by molar-refractivity contribution is -0.133. The van der Waals surface area contributed by atoms with E-state index in [1.165, 1.54) is 0 Å². The summed E-state index contributed by atoms with van der Waals surface area (Å²) in [7, 11) is 1.86. The highest BCUT2D eigenvalue weighted by atomic mass is 35.5. The number of oxime groups is 1. The molecule has 1 aliphatic rings. The summed E-state index contributed by atoms with van der Waals surface area (Å²) in [6, 6.07) is 9.93. The monoisotopic (exact) mass is 367 g/mol. The predicted octanol–water partition coefficient (Wildman–Crippen LogP) is 3.24. The quantitative estimate of drug-likeness (QED) is 0.753. The number of carbonyl (C=O) groups excluding carboxylic acids is 1. The van der Waals surface area contributed by atoms with Crippen LogP contribution in [0, 0.1) is 5.92 Å². The molecule has 6 heteroatoms. The highest BCUT2D eigenvalue weighted by Gasteiger charge is 2.26.